The summed E-state index contributed by atoms with van der Waals surface area (Å²) in [5.74, 6) is 0.820. The quantitative estimate of drug-likeness (QED) is 0.278. The number of halogens is 1. The molecule has 1 unspecified atom stereocenters. The van der Waals surface area contributed by atoms with Crippen LogP contribution in [0.25, 0.3) is 22.0 Å². The van der Waals surface area contributed by atoms with Gasteiger partial charge in [0.2, 0.25) is 17.7 Å². The van der Waals surface area contributed by atoms with Gasteiger partial charge in [-0.1, -0.05) is 19.1 Å². The maximum Gasteiger partial charge on any atom is 0.230 e. The number of nitrogens with zero attached hydrogens (tertiary/aromatic N) is 3. The SMILES string of the molecule is Cc1ccc2c(NC(=O)C3(C)CC3)c(F)ccc2c1Oc1ncccc1-c1ccnc(NC2CCCNC2)n1. The smallest absolute Gasteiger partial charge is 0.230 e. The molecule has 1 aliphatic heterocycles. The van der Waals surface area contributed by atoms with Crippen molar-refractivity contribution in [2.75, 3.05) is 23.7 Å². The lowest BCUT2D eigenvalue weighted by Crippen LogP contribution is -2.38. The number of anilines is 2. The monoisotopic (exact) mass is 526 g/mol. The number of rotatable bonds is 7. The lowest BCUT2D eigenvalue weighted by atomic mass is 10.0. The number of benzene rings is 2. The van der Waals surface area contributed by atoms with Gasteiger partial charge in [-0.3, -0.25) is 4.79 Å². The van der Waals surface area contributed by atoms with E-state index in [4.69, 9.17) is 9.72 Å². The second kappa shape index (κ2) is 10.2. The first-order valence-electron chi connectivity index (χ1n) is 13.4. The first kappa shape index (κ1) is 25.2. The van der Waals surface area contributed by atoms with Crippen molar-refractivity contribution in [2.45, 2.75) is 45.6 Å². The minimum atomic E-state index is -0.484. The van der Waals surface area contributed by atoms with Crippen molar-refractivity contribution in [1.29, 1.82) is 0 Å². The van der Waals surface area contributed by atoms with Crippen LogP contribution in [0.2, 0.25) is 0 Å². The molecule has 2 aliphatic rings. The van der Waals surface area contributed by atoms with Crippen molar-refractivity contribution in [2.24, 2.45) is 5.41 Å². The summed E-state index contributed by atoms with van der Waals surface area (Å²) < 4.78 is 21.4. The first-order valence-corrected chi connectivity index (χ1v) is 13.4. The molecule has 2 fully saturated rings. The molecule has 39 heavy (non-hydrogen) atoms. The maximum absolute atomic E-state index is 14.9. The minimum Gasteiger partial charge on any atom is -0.437 e. The number of hydrogen-bond donors (Lipinski definition) is 3. The van der Waals surface area contributed by atoms with Gasteiger partial charge in [0.15, 0.2) is 0 Å². The van der Waals surface area contributed by atoms with E-state index >= 15 is 0 Å². The molecule has 1 saturated heterocycles. The molecular weight excluding hydrogens is 495 g/mol. The Morgan fingerprint density at radius 3 is 2.74 bits per heavy atom. The van der Waals surface area contributed by atoms with Crippen LogP contribution in [0.15, 0.2) is 54.9 Å². The van der Waals surface area contributed by atoms with Crippen molar-refractivity contribution in [3.05, 3.63) is 66.2 Å². The van der Waals surface area contributed by atoms with Gasteiger partial charge in [0.1, 0.15) is 11.6 Å². The number of piperidine rings is 1. The molecule has 1 amide bonds. The van der Waals surface area contributed by atoms with Gasteiger partial charge >= 0.3 is 0 Å². The number of fused-ring (bicyclic) bond motifs is 1. The van der Waals surface area contributed by atoms with E-state index in [2.05, 4.69) is 25.9 Å². The minimum absolute atomic E-state index is 0.166. The number of ether oxygens (including phenoxy) is 1. The van der Waals surface area contributed by atoms with Crippen molar-refractivity contribution in [3.8, 4) is 22.9 Å². The van der Waals surface area contributed by atoms with Gasteiger partial charge in [-0.15, -0.1) is 0 Å². The molecule has 0 spiro atoms. The van der Waals surface area contributed by atoms with Crippen molar-refractivity contribution < 1.29 is 13.9 Å². The Kier molecular flexibility index (Phi) is 6.60. The number of aryl methyl sites for hydroxylation is 1. The van der Waals surface area contributed by atoms with Crippen LogP contribution in [-0.4, -0.2) is 40.0 Å². The summed E-state index contributed by atoms with van der Waals surface area (Å²) in [6.45, 7) is 5.72. The van der Waals surface area contributed by atoms with Crippen molar-refractivity contribution >= 4 is 28.3 Å². The largest absolute Gasteiger partial charge is 0.437 e. The third kappa shape index (κ3) is 5.14. The van der Waals surface area contributed by atoms with Crippen LogP contribution in [0.3, 0.4) is 0 Å². The fourth-order valence-corrected chi connectivity index (χ4v) is 4.90. The fraction of sp³-hybridized carbons (Fsp3) is 0.333. The fourth-order valence-electron chi connectivity index (χ4n) is 4.90. The van der Waals surface area contributed by atoms with Crippen LogP contribution in [0.5, 0.6) is 11.6 Å². The van der Waals surface area contributed by atoms with Gasteiger partial charge in [-0.05, 0) is 75.0 Å². The average molecular weight is 527 g/mol. The first-order chi connectivity index (χ1) is 18.9. The van der Waals surface area contributed by atoms with E-state index in [0.717, 1.165) is 44.3 Å². The van der Waals surface area contributed by atoms with Crippen LogP contribution < -0.4 is 20.7 Å². The van der Waals surface area contributed by atoms with Gasteiger partial charge < -0.3 is 20.7 Å². The molecule has 2 aromatic heterocycles. The second-order valence-electron chi connectivity index (χ2n) is 10.7. The van der Waals surface area contributed by atoms with E-state index in [0.29, 0.717) is 39.6 Å². The lowest BCUT2D eigenvalue weighted by Gasteiger charge is -2.23. The van der Waals surface area contributed by atoms with E-state index in [1.165, 1.54) is 6.07 Å². The summed E-state index contributed by atoms with van der Waals surface area (Å²) in [5, 5.41) is 10.9. The number of pyridine rings is 1. The highest BCUT2D eigenvalue weighted by atomic mass is 19.1. The molecular formula is C30H31FN6O2. The van der Waals surface area contributed by atoms with Crippen LogP contribution in [0.4, 0.5) is 16.0 Å². The Bertz CT molecular complexity index is 1550. The molecule has 6 rings (SSSR count). The summed E-state index contributed by atoms with van der Waals surface area (Å²) in [5.41, 5.74) is 1.97. The summed E-state index contributed by atoms with van der Waals surface area (Å²) >= 11 is 0. The van der Waals surface area contributed by atoms with Gasteiger partial charge in [-0.2, -0.15) is 0 Å². The summed E-state index contributed by atoms with van der Waals surface area (Å²) in [7, 11) is 0. The summed E-state index contributed by atoms with van der Waals surface area (Å²) in [4.78, 5) is 26.4. The molecule has 3 heterocycles. The van der Waals surface area contributed by atoms with E-state index in [1.807, 2.05) is 44.2 Å². The van der Waals surface area contributed by atoms with Crippen LogP contribution in [0, 0.1) is 18.2 Å². The summed E-state index contributed by atoms with van der Waals surface area (Å²) in [6, 6.07) is 12.5. The van der Waals surface area contributed by atoms with E-state index in [-0.39, 0.29) is 17.6 Å². The van der Waals surface area contributed by atoms with Gasteiger partial charge in [0.25, 0.3) is 0 Å². The Balaban J connectivity index is 1.34. The Morgan fingerprint density at radius 1 is 1.10 bits per heavy atom. The molecule has 1 saturated carbocycles. The normalized spacial score (nSPS) is 18.0. The number of amides is 1. The van der Waals surface area contributed by atoms with Crippen molar-refractivity contribution in [1.82, 2.24) is 20.3 Å². The number of nitrogens with one attached hydrogen (secondary N) is 3. The molecule has 8 nitrogen and oxygen atoms in total. The van der Waals surface area contributed by atoms with Crippen LogP contribution in [0.1, 0.15) is 38.2 Å². The lowest BCUT2D eigenvalue weighted by molar-refractivity contribution is -0.120. The van der Waals surface area contributed by atoms with E-state index < -0.39 is 11.2 Å². The van der Waals surface area contributed by atoms with E-state index in [1.54, 1.807) is 18.5 Å². The Labute approximate surface area is 226 Å². The standard InChI is InChI=1S/C30H31FN6O2/c1-18-7-8-20-21(9-10-23(31)25(20)37-28(38)30(2)12-13-30)26(18)39-27-22(6-4-15-33-27)24-11-16-34-29(36-24)35-19-5-3-14-32-17-19/h4,6-11,15-16,19,32H,3,5,12-14,17H2,1-2H3,(H,37,38)(H,34,35,36). The van der Waals surface area contributed by atoms with Gasteiger partial charge in [-0.25, -0.2) is 19.3 Å². The highest BCUT2D eigenvalue weighted by molar-refractivity contribution is 6.06. The zero-order chi connectivity index (χ0) is 27.0. The highest BCUT2D eigenvalue weighted by Crippen LogP contribution is 2.46. The average Bonchev–Trinajstić information content (AvgIpc) is 3.71. The van der Waals surface area contributed by atoms with E-state index in [9.17, 15) is 9.18 Å². The highest BCUT2D eigenvalue weighted by Gasteiger charge is 2.45. The second-order valence-corrected chi connectivity index (χ2v) is 10.7. The predicted molar refractivity (Wildman–Crippen MR) is 149 cm³/mol. The number of aromatic nitrogens is 3. The molecule has 9 heteroatoms. The number of hydrogen-bond acceptors (Lipinski definition) is 7. The topological polar surface area (TPSA) is 101 Å². The molecule has 4 aromatic rings. The molecule has 1 aliphatic carbocycles. The van der Waals surface area contributed by atoms with Crippen molar-refractivity contribution in [3.63, 3.8) is 0 Å². The molecule has 0 bridgehead atoms. The molecule has 3 N–H and O–H groups in total. The predicted octanol–water partition coefficient (Wildman–Crippen LogP) is 5.83. The van der Waals surface area contributed by atoms with Gasteiger partial charge in [0.05, 0.1) is 16.9 Å². The Morgan fingerprint density at radius 2 is 1.95 bits per heavy atom. The molecule has 200 valence electrons. The summed E-state index contributed by atoms with van der Waals surface area (Å²) in [6.07, 6.45) is 7.16. The zero-order valence-electron chi connectivity index (χ0n) is 22.1. The third-order valence-corrected chi connectivity index (χ3v) is 7.62. The third-order valence-electron chi connectivity index (χ3n) is 7.62. The molecule has 2 aromatic carbocycles. The zero-order valence-corrected chi connectivity index (χ0v) is 22.1. The number of carbonyl (C=O) groups excluding carboxylic acids is 1. The van der Waals surface area contributed by atoms with Gasteiger partial charge in [0, 0.05) is 41.2 Å². The molecule has 0 radical (unpaired) electrons. The number of carbonyl (C=O) groups is 1. The Hall–Kier alpha value is -4.11. The van der Waals surface area contributed by atoms with Crippen LogP contribution >= 0.6 is 0 Å². The maximum atomic E-state index is 14.9. The van der Waals surface area contributed by atoms with Crippen LogP contribution in [-0.2, 0) is 4.79 Å². The molecule has 1 atom stereocenters.